The van der Waals surface area contributed by atoms with E-state index in [1.807, 2.05) is 0 Å². The summed E-state index contributed by atoms with van der Waals surface area (Å²) in [6.45, 7) is 0.0731. The molecular weight excluding hydrogens is 215 g/mol. The van der Waals surface area contributed by atoms with Crippen molar-refractivity contribution in [2.45, 2.75) is 6.54 Å². The van der Waals surface area contributed by atoms with Crippen LogP contribution >= 0.6 is 0 Å². The third kappa shape index (κ3) is 2.19. The lowest BCUT2D eigenvalue weighted by molar-refractivity contribution is 0.0944. The molecule has 0 radical (unpaired) electrons. The second kappa shape index (κ2) is 4.47. The Bertz CT molecular complexity index is 486. The van der Waals surface area contributed by atoms with E-state index >= 15 is 0 Å². The molecule has 2 heterocycles. The van der Waals surface area contributed by atoms with E-state index in [0.717, 1.165) is 6.39 Å². The first-order valence-corrected chi connectivity index (χ1v) is 4.41. The van der Waals surface area contributed by atoms with Crippen molar-refractivity contribution in [3.05, 3.63) is 42.1 Å². The molecule has 0 aliphatic rings. The zero-order chi connectivity index (χ0) is 11.4. The number of aromatic nitrogens is 3. The molecule has 2 aromatic heterocycles. The van der Waals surface area contributed by atoms with Crippen LogP contribution in [0.1, 0.15) is 16.2 Å². The Hall–Kier alpha value is -2.31. The Kier molecular flexibility index (Phi) is 2.86. The highest BCUT2D eigenvalue weighted by molar-refractivity contribution is 5.93. The summed E-state index contributed by atoms with van der Waals surface area (Å²) in [5.74, 6) is -1.07. The summed E-state index contributed by atoms with van der Waals surface area (Å²) in [6, 6.07) is 2.82. The Morgan fingerprint density at radius 3 is 3.06 bits per heavy atom. The minimum atomic E-state index is -0.812. The van der Waals surface area contributed by atoms with E-state index in [2.05, 4.69) is 25.0 Å². The van der Waals surface area contributed by atoms with E-state index in [9.17, 15) is 9.18 Å². The van der Waals surface area contributed by atoms with Crippen LogP contribution in [0.5, 0.6) is 0 Å². The number of nitrogens with one attached hydrogen (secondary N) is 1. The normalized spacial score (nSPS) is 10.1. The van der Waals surface area contributed by atoms with Crippen molar-refractivity contribution in [3.63, 3.8) is 0 Å². The maximum atomic E-state index is 13.1. The van der Waals surface area contributed by atoms with Gasteiger partial charge in [-0.3, -0.25) is 4.79 Å². The molecule has 6 nitrogen and oxygen atoms in total. The molecule has 0 aliphatic heterocycles. The fourth-order valence-corrected chi connectivity index (χ4v) is 1.08. The van der Waals surface area contributed by atoms with Crippen LogP contribution in [-0.2, 0) is 6.54 Å². The molecule has 0 saturated carbocycles. The van der Waals surface area contributed by atoms with Gasteiger partial charge in [0.05, 0.1) is 12.1 Å². The van der Waals surface area contributed by atoms with Gasteiger partial charge in [-0.25, -0.2) is 4.98 Å². The highest BCUT2D eigenvalue weighted by Crippen LogP contribution is 2.02. The van der Waals surface area contributed by atoms with Crippen molar-refractivity contribution in [1.82, 2.24) is 20.4 Å². The van der Waals surface area contributed by atoms with Crippen molar-refractivity contribution < 1.29 is 13.7 Å². The van der Waals surface area contributed by atoms with Crippen LogP contribution in [0.3, 0.4) is 0 Å². The Balaban J connectivity index is 2.01. The summed E-state index contributed by atoms with van der Waals surface area (Å²) in [5.41, 5.74) is -0.119. The lowest BCUT2D eigenvalue weighted by Crippen LogP contribution is -2.24. The first kappa shape index (κ1) is 10.2. The average Bonchev–Trinajstić information content (AvgIpc) is 2.79. The molecule has 0 fully saturated rings. The van der Waals surface area contributed by atoms with Gasteiger partial charge < -0.3 is 9.84 Å². The number of hydrogen-bond acceptors (Lipinski definition) is 5. The summed E-state index contributed by atoms with van der Waals surface area (Å²) in [5, 5.41) is 5.93. The smallest absolute Gasteiger partial charge is 0.256 e. The number of nitrogens with zero attached hydrogens (tertiary/aromatic N) is 3. The predicted octanol–water partition coefficient (Wildman–Crippen LogP) is 0.534. The second-order valence-electron chi connectivity index (χ2n) is 2.87. The van der Waals surface area contributed by atoms with Gasteiger partial charge in [0.25, 0.3) is 5.91 Å². The van der Waals surface area contributed by atoms with E-state index in [1.165, 1.54) is 18.3 Å². The fourth-order valence-electron chi connectivity index (χ4n) is 1.08. The van der Waals surface area contributed by atoms with E-state index < -0.39 is 11.9 Å². The van der Waals surface area contributed by atoms with Crippen LogP contribution in [0.2, 0.25) is 0 Å². The predicted molar refractivity (Wildman–Crippen MR) is 49.7 cm³/mol. The molecular formula is C9H7FN4O2. The summed E-state index contributed by atoms with van der Waals surface area (Å²) in [4.78, 5) is 18.6. The Morgan fingerprint density at radius 2 is 2.38 bits per heavy atom. The van der Waals surface area contributed by atoms with E-state index in [-0.39, 0.29) is 12.1 Å². The summed E-state index contributed by atoms with van der Waals surface area (Å²) >= 11 is 0. The standard InChI is InChI=1S/C9H7FN4O2/c10-8-6(2-1-3-11-8)9(15)12-4-7-13-5-16-14-7/h1-3,5H,4H2,(H,12,15). The highest BCUT2D eigenvalue weighted by Gasteiger charge is 2.12. The van der Waals surface area contributed by atoms with Gasteiger partial charge in [0.1, 0.15) is 0 Å². The zero-order valence-electron chi connectivity index (χ0n) is 8.05. The van der Waals surface area contributed by atoms with Crippen molar-refractivity contribution in [2.75, 3.05) is 0 Å². The maximum Gasteiger partial charge on any atom is 0.256 e. The van der Waals surface area contributed by atoms with Crippen molar-refractivity contribution >= 4 is 5.91 Å². The molecule has 1 N–H and O–H groups in total. The molecule has 7 heteroatoms. The molecule has 0 spiro atoms. The van der Waals surface area contributed by atoms with Crippen molar-refractivity contribution in [2.24, 2.45) is 0 Å². The van der Waals surface area contributed by atoms with Crippen LogP contribution < -0.4 is 5.32 Å². The lowest BCUT2D eigenvalue weighted by Gasteiger charge is -2.02. The number of amides is 1. The second-order valence-corrected chi connectivity index (χ2v) is 2.87. The number of carbonyl (C=O) groups is 1. The van der Waals surface area contributed by atoms with Gasteiger partial charge >= 0.3 is 0 Å². The molecule has 0 aromatic carbocycles. The molecule has 1 amide bonds. The molecule has 0 unspecified atom stereocenters. The summed E-state index contributed by atoms with van der Waals surface area (Å²) in [6.07, 6.45) is 2.41. The minimum absolute atomic E-state index is 0.0731. The fraction of sp³-hybridized carbons (Fsp3) is 0.111. The molecule has 0 atom stereocenters. The first-order chi connectivity index (χ1) is 7.77. The topological polar surface area (TPSA) is 80.9 Å². The van der Waals surface area contributed by atoms with Gasteiger partial charge in [0.15, 0.2) is 5.82 Å². The number of pyridine rings is 1. The molecule has 82 valence electrons. The van der Waals surface area contributed by atoms with E-state index in [0.29, 0.717) is 5.82 Å². The lowest BCUT2D eigenvalue weighted by atomic mass is 10.2. The molecule has 2 aromatic rings. The van der Waals surface area contributed by atoms with Gasteiger partial charge in [-0.2, -0.15) is 9.37 Å². The van der Waals surface area contributed by atoms with Crippen molar-refractivity contribution in [1.29, 1.82) is 0 Å². The maximum absolute atomic E-state index is 13.1. The number of halogens is 1. The van der Waals surface area contributed by atoms with E-state index in [1.54, 1.807) is 0 Å². The molecule has 0 aliphatic carbocycles. The molecule has 0 bridgehead atoms. The van der Waals surface area contributed by atoms with Gasteiger partial charge in [-0.1, -0.05) is 5.16 Å². The number of carbonyl (C=O) groups excluding carboxylic acids is 1. The SMILES string of the molecule is O=C(NCc1ncon1)c1cccnc1F. The van der Waals surface area contributed by atoms with Crippen LogP contribution in [-0.4, -0.2) is 21.0 Å². The molecule has 0 saturated heterocycles. The van der Waals surface area contributed by atoms with Gasteiger partial charge in [0.2, 0.25) is 12.3 Å². The number of hydrogen-bond donors (Lipinski definition) is 1. The van der Waals surface area contributed by atoms with Gasteiger partial charge in [0, 0.05) is 6.20 Å². The summed E-state index contributed by atoms with van der Waals surface area (Å²) < 4.78 is 17.6. The minimum Gasteiger partial charge on any atom is -0.344 e. The Morgan fingerprint density at radius 1 is 1.50 bits per heavy atom. The monoisotopic (exact) mass is 222 g/mol. The highest BCUT2D eigenvalue weighted by atomic mass is 19.1. The zero-order valence-corrected chi connectivity index (χ0v) is 8.05. The number of rotatable bonds is 3. The van der Waals surface area contributed by atoms with Crippen LogP contribution in [0, 0.1) is 5.95 Å². The molecule has 2 rings (SSSR count). The van der Waals surface area contributed by atoms with Crippen LogP contribution in [0.15, 0.2) is 29.2 Å². The Labute approximate surface area is 89.5 Å². The average molecular weight is 222 g/mol. The van der Waals surface area contributed by atoms with Gasteiger partial charge in [-0.15, -0.1) is 0 Å². The van der Waals surface area contributed by atoms with Crippen molar-refractivity contribution in [3.8, 4) is 0 Å². The quantitative estimate of drug-likeness (QED) is 0.766. The van der Waals surface area contributed by atoms with Crippen LogP contribution in [0.25, 0.3) is 0 Å². The van der Waals surface area contributed by atoms with E-state index in [4.69, 9.17) is 0 Å². The summed E-state index contributed by atoms with van der Waals surface area (Å²) in [7, 11) is 0. The third-order valence-electron chi connectivity index (χ3n) is 1.82. The first-order valence-electron chi connectivity index (χ1n) is 4.41. The van der Waals surface area contributed by atoms with Gasteiger partial charge in [-0.05, 0) is 12.1 Å². The van der Waals surface area contributed by atoms with Crippen LogP contribution in [0.4, 0.5) is 4.39 Å². The third-order valence-corrected chi connectivity index (χ3v) is 1.82. The molecule has 16 heavy (non-hydrogen) atoms. The largest absolute Gasteiger partial charge is 0.344 e.